The van der Waals surface area contributed by atoms with E-state index >= 15 is 0 Å². The van der Waals surface area contributed by atoms with Gasteiger partial charge in [-0.3, -0.25) is 9.59 Å². The van der Waals surface area contributed by atoms with Crippen molar-refractivity contribution in [3.63, 3.8) is 0 Å². The summed E-state index contributed by atoms with van der Waals surface area (Å²) in [6.45, 7) is 3.73. The first-order valence-electron chi connectivity index (χ1n) is 7.76. The van der Waals surface area contributed by atoms with Crippen LogP contribution in [0.5, 0.6) is 0 Å². The van der Waals surface area contributed by atoms with E-state index in [2.05, 4.69) is 19.1 Å². The third-order valence-corrected chi connectivity index (χ3v) is 5.06. The fourth-order valence-corrected chi connectivity index (χ4v) is 3.64. The molecule has 0 N–H and O–H groups in total. The van der Waals surface area contributed by atoms with E-state index in [1.54, 1.807) is 0 Å². The number of carbonyl (C=O) groups excluding carboxylic acids is 2. The summed E-state index contributed by atoms with van der Waals surface area (Å²) in [5, 5.41) is 0. The third kappa shape index (κ3) is 2.74. The van der Waals surface area contributed by atoms with Crippen molar-refractivity contribution in [2.24, 2.45) is 23.7 Å². The summed E-state index contributed by atoms with van der Waals surface area (Å²) in [6.07, 6.45) is 8.42. The molecule has 4 heteroatoms. The number of allylic oxidation sites excluding steroid dienone is 2. The van der Waals surface area contributed by atoms with Gasteiger partial charge in [-0.25, -0.2) is 0 Å². The zero-order chi connectivity index (χ0) is 14.1. The van der Waals surface area contributed by atoms with Crippen LogP contribution in [0.15, 0.2) is 12.2 Å². The van der Waals surface area contributed by atoms with E-state index < -0.39 is 0 Å². The molecule has 4 nitrogen and oxygen atoms in total. The fourth-order valence-electron chi connectivity index (χ4n) is 3.64. The van der Waals surface area contributed by atoms with E-state index in [0.717, 1.165) is 38.8 Å². The second kappa shape index (κ2) is 5.58. The van der Waals surface area contributed by atoms with Gasteiger partial charge in [0.2, 0.25) is 0 Å². The van der Waals surface area contributed by atoms with Crippen LogP contribution in [0.25, 0.3) is 0 Å². The van der Waals surface area contributed by atoms with Crippen molar-refractivity contribution < 1.29 is 14.3 Å². The standard InChI is InChI=1S/C16H23NO3/c1-11-4-6-17(7-5-11)15(18)10-20-16(19)14-9-12-2-3-13(14)8-12/h2-3,11-14H,4-10H2,1H3. The van der Waals surface area contributed by atoms with E-state index in [-0.39, 0.29) is 24.4 Å². The number of amides is 1. The molecule has 0 spiro atoms. The molecule has 110 valence electrons. The molecule has 2 aliphatic carbocycles. The molecule has 3 unspecified atom stereocenters. The first kappa shape index (κ1) is 13.7. The summed E-state index contributed by atoms with van der Waals surface area (Å²) in [5.41, 5.74) is 0. The Morgan fingerprint density at radius 1 is 1.20 bits per heavy atom. The molecule has 1 saturated heterocycles. The summed E-state index contributed by atoms with van der Waals surface area (Å²) in [6, 6.07) is 0. The average Bonchev–Trinajstić information content (AvgIpc) is 3.08. The zero-order valence-corrected chi connectivity index (χ0v) is 12.1. The van der Waals surface area contributed by atoms with Gasteiger partial charge < -0.3 is 9.64 Å². The van der Waals surface area contributed by atoms with Crippen LogP contribution < -0.4 is 0 Å². The SMILES string of the molecule is CC1CCN(C(=O)COC(=O)C2CC3C=CC2C3)CC1. The Labute approximate surface area is 120 Å². The second-order valence-electron chi connectivity index (χ2n) is 6.56. The minimum Gasteiger partial charge on any atom is -0.455 e. The number of rotatable bonds is 3. The minimum atomic E-state index is -0.180. The second-order valence-corrected chi connectivity index (χ2v) is 6.56. The molecule has 1 aliphatic heterocycles. The van der Waals surface area contributed by atoms with Crippen molar-refractivity contribution >= 4 is 11.9 Å². The highest BCUT2D eigenvalue weighted by Crippen LogP contribution is 2.43. The summed E-state index contributed by atoms with van der Waals surface area (Å²) in [7, 11) is 0. The number of hydrogen-bond acceptors (Lipinski definition) is 3. The Morgan fingerprint density at radius 3 is 2.55 bits per heavy atom. The smallest absolute Gasteiger partial charge is 0.310 e. The lowest BCUT2D eigenvalue weighted by atomic mass is 9.94. The van der Waals surface area contributed by atoms with E-state index in [0.29, 0.717) is 17.8 Å². The average molecular weight is 277 g/mol. The number of fused-ring (bicyclic) bond motifs is 2. The van der Waals surface area contributed by atoms with Crippen LogP contribution >= 0.6 is 0 Å². The Balaban J connectivity index is 1.44. The van der Waals surface area contributed by atoms with E-state index in [4.69, 9.17) is 4.74 Å². The summed E-state index contributed by atoms with van der Waals surface area (Å²) in [5.74, 6) is 1.36. The number of nitrogens with zero attached hydrogens (tertiary/aromatic N) is 1. The molecular formula is C16H23NO3. The molecule has 3 rings (SSSR count). The van der Waals surface area contributed by atoms with Gasteiger partial charge >= 0.3 is 5.97 Å². The lowest BCUT2D eigenvalue weighted by Crippen LogP contribution is -2.40. The maximum Gasteiger partial charge on any atom is 0.310 e. The van der Waals surface area contributed by atoms with E-state index in [9.17, 15) is 9.59 Å². The number of esters is 1. The predicted octanol–water partition coefficient (Wildman–Crippen LogP) is 2.00. The van der Waals surface area contributed by atoms with Crippen molar-refractivity contribution in [3.05, 3.63) is 12.2 Å². The van der Waals surface area contributed by atoms with Gasteiger partial charge in [-0.1, -0.05) is 19.1 Å². The Morgan fingerprint density at radius 2 is 1.95 bits per heavy atom. The van der Waals surface area contributed by atoms with Crippen molar-refractivity contribution in [2.45, 2.75) is 32.6 Å². The molecule has 1 heterocycles. The normalized spacial score (nSPS) is 32.6. The van der Waals surface area contributed by atoms with Crippen molar-refractivity contribution in [1.29, 1.82) is 0 Å². The lowest BCUT2D eigenvalue weighted by molar-refractivity contribution is -0.156. The molecule has 3 aliphatic rings. The third-order valence-electron chi connectivity index (χ3n) is 5.06. The quantitative estimate of drug-likeness (QED) is 0.585. The van der Waals surface area contributed by atoms with E-state index in [1.807, 2.05) is 4.90 Å². The molecule has 0 aromatic heterocycles. The largest absolute Gasteiger partial charge is 0.455 e. The summed E-state index contributed by atoms with van der Waals surface area (Å²) in [4.78, 5) is 25.9. The van der Waals surface area contributed by atoms with Crippen molar-refractivity contribution in [2.75, 3.05) is 19.7 Å². The molecule has 0 radical (unpaired) electrons. The van der Waals surface area contributed by atoms with Gasteiger partial charge in [-0.15, -0.1) is 0 Å². The lowest BCUT2D eigenvalue weighted by Gasteiger charge is -2.30. The zero-order valence-electron chi connectivity index (χ0n) is 12.1. The Hall–Kier alpha value is -1.32. The molecule has 1 saturated carbocycles. The monoisotopic (exact) mass is 277 g/mol. The highest BCUT2D eigenvalue weighted by Gasteiger charge is 2.41. The molecule has 2 bridgehead atoms. The molecule has 20 heavy (non-hydrogen) atoms. The van der Waals surface area contributed by atoms with Crippen LogP contribution in [0.4, 0.5) is 0 Å². The first-order valence-corrected chi connectivity index (χ1v) is 7.76. The van der Waals surface area contributed by atoms with E-state index in [1.165, 1.54) is 0 Å². The number of carbonyl (C=O) groups is 2. The molecular weight excluding hydrogens is 254 g/mol. The topological polar surface area (TPSA) is 46.6 Å². The van der Waals surface area contributed by atoms with Crippen LogP contribution in [0.2, 0.25) is 0 Å². The van der Waals surface area contributed by atoms with Gasteiger partial charge in [0.15, 0.2) is 6.61 Å². The number of likely N-dealkylation sites (tertiary alicyclic amines) is 1. The van der Waals surface area contributed by atoms with Gasteiger partial charge in [-0.2, -0.15) is 0 Å². The van der Waals surface area contributed by atoms with Gasteiger partial charge in [0.05, 0.1) is 5.92 Å². The molecule has 3 atom stereocenters. The molecule has 0 aromatic rings. The predicted molar refractivity (Wildman–Crippen MR) is 74.8 cm³/mol. The van der Waals surface area contributed by atoms with Gasteiger partial charge in [-0.05, 0) is 43.4 Å². The number of ether oxygens (including phenoxy) is 1. The maximum absolute atomic E-state index is 12.0. The van der Waals surface area contributed by atoms with Crippen LogP contribution in [-0.2, 0) is 14.3 Å². The summed E-state index contributed by atoms with van der Waals surface area (Å²) >= 11 is 0. The van der Waals surface area contributed by atoms with Crippen LogP contribution in [0.1, 0.15) is 32.6 Å². The van der Waals surface area contributed by atoms with Crippen LogP contribution in [-0.4, -0.2) is 36.5 Å². The first-order chi connectivity index (χ1) is 9.63. The number of piperidine rings is 1. The Bertz CT molecular complexity index is 423. The van der Waals surface area contributed by atoms with Crippen molar-refractivity contribution in [3.8, 4) is 0 Å². The summed E-state index contributed by atoms with van der Waals surface area (Å²) < 4.78 is 5.26. The molecule has 0 aromatic carbocycles. The molecule has 1 amide bonds. The van der Waals surface area contributed by atoms with Gasteiger partial charge in [0.1, 0.15) is 0 Å². The minimum absolute atomic E-state index is 0.0146. The van der Waals surface area contributed by atoms with Gasteiger partial charge in [0.25, 0.3) is 5.91 Å². The van der Waals surface area contributed by atoms with Gasteiger partial charge in [0, 0.05) is 13.1 Å². The molecule has 2 fully saturated rings. The van der Waals surface area contributed by atoms with Crippen molar-refractivity contribution in [1.82, 2.24) is 4.90 Å². The van der Waals surface area contributed by atoms with Crippen LogP contribution in [0.3, 0.4) is 0 Å². The highest BCUT2D eigenvalue weighted by atomic mass is 16.5. The highest BCUT2D eigenvalue weighted by molar-refractivity contribution is 5.81. The number of hydrogen-bond donors (Lipinski definition) is 0. The Kier molecular flexibility index (Phi) is 3.81. The van der Waals surface area contributed by atoms with Crippen LogP contribution in [0, 0.1) is 23.7 Å². The maximum atomic E-state index is 12.0. The fraction of sp³-hybridized carbons (Fsp3) is 0.750.